The second kappa shape index (κ2) is 6.27. The van der Waals surface area contributed by atoms with E-state index in [-0.39, 0.29) is 23.0 Å². The molecule has 0 radical (unpaired) electrons. The molecule has 1 aliphatic carbocycles. The highest BCUT2D eigenvalue weighted by molar-refractivity contribution is 5.87. The van der Waals surface area contributed by atoms with Crippen LogP contribution in [0.2, 0.25) is 0 Å². The van der Waals surface area contributed by atoms with Gasteiger partial charge < -0.3 is 15.2 Å². The van der Waals surface area contributed by atoms with Crippen LogP contribution < -0.4 is 10.1 Å². The zero-order valence-corrected chi connectivity index (χ0v) is 14.3. The van der Waals surface area contributed by atoms with Crippen LogP contribution in [0.3, 0.4) is 0 Å². The number of benzene rings is 2. The molecule has 1 aliphatic heterocycles. The molecule has 136 valence electrons. The maximum absolute atomic E-state index is 14.6. The summed E-state index contributed by atoms with van der Waals surface area (Å²) < 4.78 is 34.6. The van der Waals surface area contributed by atoms with Crippen LogP contribution in [0.15, 0.2) is 30.3 Å². The Kier molecular flexibility index (Phi) is 4.05. The summed E-state index contributed by atoms with van der Waals surface area (Å²) in [5.74, 6) is -1.97. The highest BCUT2D eigenvalue weighted by atomic mass is 19.1. The molecule has 0 amide bonds. The molecular weight excluding hydrogens is 340 g/mol. The van der Waals surface area contributed by atoms with Gasteiger partial charge in [0.15, 0.2) is 0 Å². The summed E-state index contributed by atoms with van der Waals surface area (Å²) in [6.45, 7) is 0. The van der Waals surface area contributed by atoms with Crippen LogP contribution in [0.25, 0.3) is 0 Å². The van der Waals surface area contributed by atoms with Gasteiger partial charge in [-0.25, -0.2) is 13.6 Å². The number of halogens is 2. The quantitative estimate of drug-likeness (QED) is 0.832. The summed E-state index contributed by atoms with van der Waals surface area (Å²) >= 11 is 0. The van der Waals surface area contributed by atoms with Gasteiger partial charge in [0.1, 0.15) is 17.4 Å². The number of methoxy groups -OCH3 is 1. The number of aromatic carboxylic acids is 1. The molecule has 0 spiro atoms. The van der Waals surface area contributed by atoms with Gasteiger partial charge in [-0.05, 0) is 60.6 Å². The van der Waals surface area contributed by atoms with Crippen molar-refractivity contribution in [2.24, 2.45) is 5.92 Å². The first-order valence-electron chi connectivity index (χ1n) is 8.66. The lowest BCUT2D eigenvalue weighted by molar-refractivity contribution is 0.0695. The molecule has 2 aromatic carbocycles. The Morgan fingerprint density at radius 1 is 1.19 bits per heavy atom. The van der Waals surface area contributed by atoms with Crippen molar-refractivity contribution >= 4 is 11.7 Å². The Morgan fingerprint density at radius 3 is 2.58 bits per heavy atom. The van der Waals surface area contributed by atoms with Gasteiger partial charge in [-0.1, -0.05) is 6.42 Å². The average molecular weight is 359 g/mol. The molecule has 2 aliphatic rings. The summed E-state index contributed by atoms with van der Waals surface area (Å²) in [7, 11) is 1.61. The normalized spacial score (nSPS) is 23.7. The topological polar surface area (TPSA) is 58.6 Å². The molecule has 1 fully saturated rings. The fourth-order valence-corrected chi connectivity index (χ4v) is 4.45. The van der Waals surface area contributed by atoms with Crippen LogP contribution in [-0.2, 0) is 0 Å². The SMILES string of the molecule is COc1ccc2c(c1)[C@@H]1CCC[C@@H]1[C@H](c1c(F)cc(C(=O)O)cc1F)N2. The maximum Gasteiger partial charge on any atom is 0.335 e. The standard InChI is InChI=1S/C20H19F2NO3/c1-26-11-5-6-17-14(9-11)12-3-2-4-13(12)19(23-17)18-15(21)7-10(20(24)25)8-16(18)22/h5-9,12-13,19,23H,2-4H2,1H3,(H,24,25)/t12-,13+,19-/m1/s1. The van der Waals surface area contributed by atoms with Gasteiger partial charge in [-0.15, -0.1) is 0 Å². The number of carbonyl (C=O) groups is 1. The molecule has 3 atom stereocenters. The molecule has 2 N–H and O–H groups in total. The number of anilines is 1. The predicted molar refractivity (Wildman–Crippen MR) is 92.8 cm³/mol. The van der Waals surface area contributed by atoms with E-state index in [1.165, 1.54) is 0 Å². The minimum absolute atomic E-state index is 0.0503. The van der Waals surface area contributed by atoms with E-state index in [0.29, 0.717) is 0 Å². The molecule has 26 heavy (non-hydrogen) atoms. The molecule has 0 unspecified atom stereocenters. The summed E-state index contributed by atoms with van der Waals surface area (Å²) in [4.78, 5) is 11.0. The number of nitrogens with one attached hydrogen (secondary N) is 1. The van der Waals surface area contributed by atoms with Gasteiger partial charge in [0.05, 0.1) is 18.7 Å². The lowest BCUT2D eigenvalue weighted by Crippen LogP contribution is -2.30. The fraction of sp³-hybridized carbons (Fsp3) is 0.350. The number of carboxylic acids is 1. The first-order chi connectivity index (χ1) is 12.5. The van der Waals surface area contributed by atoms with Crippen LogP contribution in [0, 0.1) is 17.6 Å². The Bertz CT molecular complexity index is 860. The zero-order chi connectivity index (χ0) is 18.4. The third-order valence-electron chi connectivity index (χ3n) is 5.60. The van der Waals surface area contributed by atoms with Crippen LogP contribution in [0.1, 0.15) is 52.7 Å². The Balaban J connectivity index is 1.80. The molecule has 6 heteroatoms. The first-order valence-corrected chi connectivity index (χ1v) is 8.66. The van der Waals surface area contributed by atoms with E-state index in [4.69, 9.17) is 9.84 Å². The second-order valence-electron chi connectivity index (χ2n) is 6.94. The van der Waals surface area contributed by atoms with Crippen LogP contribution in [-0.4, -0.2) is 18.2 Å². The molecule has 2 aromatic rings. The van der Waals surface area contributed by atoms with Gasteiger partial charge in [-0.3, -0.25) is 0 Å². The van der Waals surface area contributed by atoms with Crippen LogP contribution in [0.4, 0.5) is 14.5 Å². The molecule has 0 bridgehead atoms. The Hall–Kier alpha value is -2.63. The van der Waals surface area contributed by atoms with Crippen molar-refractivity contribution in [1.29, 1.82) is 0 Å². The monoisotopic (exact) mass is 359 g/mol. The smallest absolute Gasteiger partial charge is 0.335 e. The van der Waals surface area contributed by atoms with E-state index < -0.39 is 23.6 Å². The minimum Gasteiger partial charge on any atom is -0.497 e. The summed E-state index contributed by atoms with van der Waals surface area (Å²) in [5.41, 5.74) is 1.51. The minimum atomic E-state index is -1.35. The lowest BCUT2D eigenvalue weighted by atomic mass is 9.77. The van der Waals surface area contributed by atoms with Crippen LogP contribution >= 0.6 is 0 Å². The van der Waals surface area contributed by atoms with Crippen molar-refractivity contribution < 1.29 is 23.4 Å². The lowest BCUT2D eigenvalue weighted by Gasteiger charge is -2.38. The number of rotatable bonds is 3. The number of hydrogen-bond acceptors (Lipinski definition) is 3. The largest absolute Gasteiger partial charge is 0.497 e. The van der Waals surface area contributed by atoms with Crippen molar-refractivity contribution in [1.82, 2.24) is 0 Å². The Labute approximate surface area is 149 Å². The zero-order valence-electron chi connectivity index (χ0n) is 14.3. The predicted octanol–water partition coefficient (Wildman–Crippen LogP) is 4.72. The van der Waals surface area contributed by atoms with Gasteiger partial charge in [0, 0.05) is 11.3 Å². The van der Waals surface area contributed by atoms with Crippen LogP contribution in [0.5, 0.6) is 5.75 Å². The van der Waals surface area contributed by atoms with E-state index in [0.717, 1.165) is 48.4 Å². The molecule has 1 saturated carbocycles. The number of ether oxygens (including phenoxy) is 1. The summed E-state index contributed by atoms with van der Waals surface area (Å²) in [6, 6.07) is 6.95. The van der Waals surface area contributed by atoms with E-state index in [9.17, 15) is 13.6 Å². The van der Waals surface area contributed by atoms with Crippen molar-refractivity contribution in [3.63, 3.8) is 0 Å². The molecule has 0 aromatic heterocycles. The second-order valence-corrected chi connectivity index (χ2v) is 6.94. The number of carboxylic acid groups (broad SMARTS) is 1. The molecule has 4 rings (SSSR count). The third-order valence-corrected chi connectivity index (χ3v) is 5.60. The number of fused-ring (bicyclic) bond motifs is 3. The van der Waals surface area contributed by atoms with Gasteiger partial charge in [0.2, 0.25) is 0 Å². The molecule has 1 heterocycles. The highest BCUT2D eigenvalue weighted by Gasteiger charge is 2.42. The van der Waals surface area contributed by atoms with Crippen molar-refractivity contribution in [2.75, 3.05) is 12.4 Å². The van der Waals surface area contributed by atoms with E-state index in [1.807, 2.05) is 18.2 Å². The van der Waals surface area contributed by atoms with Gasteiger partial charge in [0.25, 0.3) is 0 Å². The van der Waals surface area contributed by atoms with Gasteiger partial charge in [-0.2, -0.15) is 0 Å². The van der Waals surface area contributed by atoms with Gasteiger partial charge >= 0.3 is 5.97 Å². The average Bonchev–Trinajstić information content (AvgIpc) is 3.10. The van der Waals surface area contributed by atoms with Crippen molar-refractivity contribution in [2.45, 2.75) is 31.2 Å². The van der Waals surface area contributed by atoms with Crippen molar-refractivity contribution in [3.05, 3.63) is 58.7 Å². The Morgan fingerprint density at radius 2 is 1.92 bits per heavy atom. The van der Waals surface area contributed by atoms with E-state index in [1.54, 1.807) is 7.11 Å². The third kappa shape index (κ3) is 2.60. The number of hydrogen-bond donors (Lipinski definition) is 2. The molecule has 4 nitrogen and oxygen atoms in total. The fourth-order valence-electron chi connectivity index (χ4n) is 4.45. The molecular formula is C20H19F2NO3. The summed E-state index contributed by atoms with van der Waals surface area (Å²) in [6.07, 6.45) is 2.80. The first kappa shape index (κ1) is 16.8. The highest BCUT2D eigenvalue weighted by Crippen LogP contribution is 2.53. The molecule has 0 saturated heterocycles. The maximum atomic E-state index is 14.6. The van der Waals surface area contributed by atoms with Crippen molar-refractivity contribution in [3.8, 4) is 5.75 Å². The summed E-state index contributed by atoms with van der Waals surface area (Å²) in [5, 5.41) is 12.3. The van der Waals surface area contributed by atoms with E-state index >= 15 is 0 Å². The van der Waals surface area contributed by atoms with E-state index in [2.05, 4.69) is 5.32 Å².